The van der Waals surface area contributed by atoms with Crippen LogP contribution in [0.25, 0.3) is 0 Å². The topological polar surface area (TPSA) is 34.1 Å². The molecule has 0 bridgehead atoms. The van der Waals surface area contributed by atoms with Crippen LogP contribution in [-0.2, 0) is 9.59 Å². The Balaban J connectivity index is 0. The molecule has 0 N–H and O–H groups in total. The predicted molar refractivity (Wildman–Crippen MR) is 34.8 cm³/mol. The molecule has 52 valence electrons. The maximum Gasteiger partial charge on any atom is 1.00 e. The third-order valence-corrected chi connectivity index (χ3v) is 0.959. The van der Waals surface area contributed by atoms with Crippen LogP contribution < -0.4 is 29.6 Å². The van der Waals surface area contributed by atoms with Gasteiger partial charge in [-0.2, -0.15) is 0 Å². The molecule has 0 heterocycles. The van der Waals surface area contributed by atoms with Crippen molar-refractivity contribution in [3.63, 3.8) is 0 Å². The largest absolute Gasteiger partial charge is 1.00 e. The summed E-state index contributed by atoms with van der Waals surface area (Å²) in [5.41, 5.74) is -0.416. The summed E-state index contributed by atoms with van der Waals surface area (Å²) in [6.45, 7) is 5.32. The van der Waals surface area contributed by atoms with E-state index in [4.69, 9.17) is 0 Å². The molecule has 0 aliphatic heterocycles. The smallest absolute Gasteiger partial charge is 0.338 e. The number of Topliss-reactive ketones (excluding diaryl/α,β-unsaturated/α-hetero) is 1. The molecule has 0 aromatic rings. The second-order valence-corrected chi connectivity index (χ2v) is 2.92. The van der Waals surface area contributed by atoms with Crippen molar-refractivity contribution in [2.75, 3.05) is 0 Å². The summed E-state index contributed by atoms with van der Waals surface area (Å²) < 4.78 is 0. The van der Waals surface area contributed by atoms with E-state index in [0.29, 0.717) is 6.29 Å². The first-order valence-corrected chi connectivity index (χ1v) is 2.81. The van der Waals surface area contributed by atoms with Crippen molar-refractivity contribution in [3.8, 4) is 0 Å². The molecule has 0 amide bonds. The first kappa shape index (κ1) is 12.8. The van der Waals surface area contributed by atoms with Gasteiger partial charge in [-0.25, -0.2) is 0 Å². The van der Waals surface area contributed by atoms with Crippen LogP contribution in [0.3, 0.4) is 0 Å². The minimum Gasteiger partial charge on any atom is -0.338 e. The maximum atomic E-state index is 10.8. The molecule has 3 heteroatoms. The molecule has 0 atom stereocenters. The van der Waals surface area contributed by atoms with E-state index >= 15 is 0 Å². The molecule has 0 fully saturated rings. The van der Waals surface area contributed by atoms with Crippen molar-refractivity contribution < 1.29 is 39.1 Å². The molecule has 0 unspecified atom stereocenters. The van der Waals surface area contributed by atoms with Crippen LogP contribution in [0, 0.1) is 11.8 Å². The van der Waals surface area contributed by atoms with Gasteiger partial charge in [-0.05, 0) is 11.7 Å². The fourth-order valence-electron chi connectivity index (χ4n) is 0.312. The molecule has 0 rings (SSSR count). The van der Waals surface area contributed by atoms with Gasteiger partial charge in [-0.3, -0.25) is 6.42 Å². The van der Waals surface area contributed by atoms with Crippen molar-refractivity contribution in [2.24, 2.45) is 5.41 Å². The van der Waals surface area contributed by atoms with Gasteiger partial charge in [0, 0.05) is 5.78 Å². The SMILES string of the molecule is CC(C)(C)C(=O)[CH-]C=O.[Na+]. The van der Waals surface area contributed by atoms with Crippen molar-refractivity contribution in [3.05, 3.63) is 6.42 Å². The Labute approximate surface area is 83.7 Å². The summed E-state index contributed by atoms with van der Waals surface area (Å²) in [6.07, 6.45) is 1.58. The minimum absolute atomic E-state index is 0. The molecule has 0 saturated carbocycles. The van der Waals surface area contributed by atoms with Gasteiger partial charge in [-0.15, -0.1) is 0 Å². The third kappa shape index (κ3) is 5.03. The molecule has 0 spiro atoms. The number of hydrogen-bond acceptors (Lipinski definition) is 2. The molecular formula is C7H11NaO2. The van der Waals surface area contributed by atoms with Gasteiger partial charge in [0.2, 0.25) is 0 Å². The fraction of sp³-hybridized carbons (Fsp3) is 0.571. The zero-order valence-electron chi connectivity index (χ0n) is 6.97. The van der Waals surface area contributed by atoms with Crippen molar-refractivity contribution >= 4 is 12.1 Å². The Morgan fingerprint density at radius 3 is 1.90 bits per heavy atom. The Morgan fingerprint density at radius 1 is 1.40 bits per heavy atom. The number of aldehydes is 1. The van der Waals surface area contributed by atoms with Gasteiger partial charge in [0.05, 0.1) is 0 Å². The zero-order chi connectivity index (χ0) is 7.49. The molecule has 0 aromatic carbocycles. The van der Waals surface area contributed by atoms with Crippen LogP contribution in [0.2, 0.25) is 0 Å². The summed E-state index contributed by atoms with van der Waals surface area (Å²) in [6, 6.07) is 0. The Morgan fingerprint density at radius 2 is 1.80 bits per heavy atom. The van der Waals surface area contributed by atoms with Crippen molar-refractivity contribution in [1.29, 1.82) is 0 Å². The van der Waals surface area contributed by atoms with Crippen LogP contribution in [0.5, 0.6) is 0 Å². The molecular weight excluding hydrogens is 139 g/mol. The molecule has 0 radical (unpaired) electrons. The summed E-state index contributed by atoms with van der Waals surface area (Å²) in [4.78, 5) is 20.6. The monoisotopic (exact) mass is 150 g/mol. The van der Waals surface area contributed by atoms with Crippen LogP contribution in [0.1, 0.15) is 20.8 Å². The first-order valence-electron chi connectivity index (χ1n) is 2.81. The number of carbonyl (C=O) groups is 2. The predicted octanol–water partition coefficient (Wildman–Crippen LogP) is -1.99. The van der Waals surface area contributed by atoms with E-state index in [2.05, 4.69) is 0 Å². The summed E-state index contributed by atoms with van der Waals surface area (Å²) in [5, 5.41) is 0. The van der Waals surface area contributed by atoms with E-state index in [9.17, 15) is 9.59 Å². The Bertz CT molecular complexity index is 124. The van der Waals surface area contributed by atoms with E-state index in [0.717, 1.165) is 6.42 Å². The summed E-state index contributed by atoms with van der Waals surface area (Å²) in [7, 11) is 0. The molecule has 2 nitrogen and oxygen atoms in total. The van der Waals surface area contributed by atoms with Crippen LogP contribution in [0.15, 0.2) is 0 Å². The van der Waals surface area contributed by atoms with E-state index < -0.39 is 5.41 Å². The van der Waals surface area contributed by atoms with Gasteiger partial charge in [0.1, 0.15) is 0 Å². The first-order chi connectivity index (χ1) is 3.98. The van der Waals surface area contributed by atoms with Gasteiger partial charge in [0.15, 0.2) is 0 Å². The molecule has 0 aromatic heterocycles. The molecule has 0 saturated heterocycles. The van der Waals surface area contributed by atoms with Gasteiger partial charge in [-0.1, -0.05) is 20.8 Å². The Hall–Kier alpha value is 0.210. The minimum atomic E-state index is -0.416. The fourth-order valence-corrected chi connectivity index (χ4v) is 0.312. The number of ketones is 1. The summed E-state index contributed by atoms with van der Waals surface area (Å²) >= 11 is 0. The van der Waals surface area contributed by atoms with Crippen LogP contribution in [-0.4, -0.2) is 12.1 Å². The summed E-state index contributed by atoms with van der Waals surface area (Å²) in [5.74, 6) is -0.127. The van der Waals surface area contributed by atoms with Crippen molar-refractivity contribution in [1.82, 2.24) is 0 Å². The maximum absolute atomic E-state index is 10.8. The number of rotatable bonds is 2. The third-order valence-electron chi connectivity index (χ3n) is 0.959. The van der Waals surface area contributed by atoms with Gasteiger partial charge >= 0.3 is 29.6 Å². The molecule has 0 aliphatic carbocycles. The average molecular weight is 150 g/mol. The van der Waals surface area contributed by atoms with E-state index in [1.54, 1.807) is 20.8 Å². The average Bonchev–Trinajstić information content (AvgIpc) is 1.64. The normalized spacial score (nSPS) is 9.50. The van der Waals surface area contributed by atoms with Crippen LogP contribution >= 0.6 is 0 Å². The van der Waals surface area contributed by atoms with Gasteiger partial charge in [0.25, 0.3) is 0 Å². The van der Waals surface area contributed by atoms with E-state index in [1.165, 1.54) is 0 Å². The van der Waals surface area contributed by atoms with Crippen LogP contribution in [0.4, 0.5) is 0 Å². The number of carbonyl (C=O) groups excluding carboxylic acids is 2. The quantitative estimate of drug-likeness (QED) is 0.198. The van der Waals surface area contributed by atoms with Crippen molar-refractivity contribution in [2.45, 2.75) is 20.8 Å². The zero-order valence-corrected chi connectivity index (χ0v) is 8.97. The standard InChI is InChI=1S/C7H11O2.Na/c1-7(2,3)6(9)4-5-8;/h4-5H,1-3H3;/q-1;+1. The second-order valence-electron chi connectivity index (χ2n) is 2.92. The molecule has 10 heavy (non-hydrogen) atoms. The van der Waals surface area contributed by atoms with E-state index in [-0.39, 0.29) is 35.3 Å². The second kappa shape index (κ2) is 4.94. The number of hydrogen-bond donors (Lipinski definition) is 0. The molecule has 0 aliphatic rings. The van der Waals surface area contributed by atoms with E-state index in [1.807, 2.05) is 0 Å². The Kier molecular flexibility index (Phi) is 6.35. The van der Waals surface area contributed by atoms with Gasteiger partial charge < -0.3 is 9.59 Å².